The Kier molecular flexibility index (Phi) is 4.01. The Labute approximate surface area is 94.3 Å². The Morgan fingerprint density at radius 3 is 2.73 bits per heavy atom. The molecule has 0 saturated carbocycles. The quantitative estimate of drug-likeness (QED) is 0.568. The van der Waals surface area contributed by atoms with Crippen LogP contribution >= 0.6 is 11.9 Å². The van der Waals surface area contributed by atoms with Crippen molar-refractivity contribution < 1.29 is 9.63 Å². The second kappa shape index (κ2) is 4.87. The summed E-state index contributed by atoms with van der Waals surface area (Å²) in [6, 6.07) is -0.272. The van der Waals surface area contributed by atoms with Crippen LogP contribution in [0.25, 0.3) is 0 Å². The van der Waals surface area contributed by atoms with E-state index in [0.717, 1.165) is 5.06 Å². The van der Waals surface area contributed by atoms with Crippen molar-refractivity contribution >= 4 is 18.0 Å². The summed E-state index contributed by atoms with van der Waals surface area (Å²) < 4.78 is 3.17. The highest BCUT2D eigenvalue weighted by atomic mass is 32.2. The van der Waals surface area contributed by atoms with Crippen molar-refractivity contribution in [3.63, 3.8) is 0 Å². The largest absolute Gasteiger partial charge is 0.342 e. The lowest BCUT2D eigenvalue weighted by atomic mass is 9.97. The summed E-state index contributed by atoms with van der Waals surface area (Å²) in [7, 11) is 3.02. The minimum absolute atomic E-state index is 0.248. The van der Waals surface area contributed by atoms with Crippen molar-refractivity contribution in [3.05, 3.63) is 11.5 Å². The molecule has 1 aliphatic rings. The normalized spacial score (nSPS) is 24.6. The predicted molar refractivity (Wildman–Crippen MR) is 60.7 cm³/mol. The minimum atomic E-state index is -0.492. The van der Waals surface area contributed by atoms with Crippen LogP contribution < -0.4 is 10.0 Å². The van der Waals surface area contributed by atoms with Crippen molar-refractivity contribution in [3.8, 4) is 0 Å². The molecule has 2 amide bonds. The molecule has 0 radical (unpaired) electrons. The van der Waals surface area contributed by atoms with E-state index in [1.165, 1.54) is 19.1 Å². The molecule has 0 unspecified atom stereocenters. The monoisotopic (exact) mass is 231 g/mol. The summed E-state index contributed by atoms with van der Waals surface area (Å²) in [5.41, 5.74) is -0.492. The maximum absolute atomic E-state index is 11.6. The molecule has 0 aromatic carbocycles. The fourth-order valence-corrected chi connectivity index (χ4v) is 2.07. The number of nitrogens with zero attached hydrogens (tertiary/aromatic N) is 1. The van der Waals surface area contributed by atoms with Gasteiger partial charge in [-0.2, -0.15) is 0 Å². The zero-order chi connectivity index (χ0) is 11.5. The summed E-state index contributed by atoms with van der Waals surface area (Å²) in [5, 5.41) is 5.96. The number of hydrogen-bond acceptors (Lipinski definition) is 4. The minimum Gasteiger partial charge on any atom is -0.314 e. The van der Waals surface area contributed by atoms with Crippen LogP contribution in [0.3, 0.4) is 0 Å². The highest BCUT2D eigenvalue weighted by Gasteiger charge is 2.36. The Hall–Kier alpha value is -0.720. The zero-order valence-electron chi connectivity index (χ0n) is 9.40. The Morgan fingerprint density at radius 1 is 1.67 bits per heavy atom. The highest BCUT2D eigenvalue weighted by molar-refractivity contribution is 8.00. The zero-order valence-corrected chi connectivity index (χ0v) is 10.2. The second-order valence-electron chi connectivity index (χ2n) is 3.66. The first kappa shape index (κ1) is 12.4. The highest BCUT2D eigenvalue weighted by Crippen LogP contribution is 2.25. The molecule has 1 atom stereocenters. The van der Waals surface area contributed by atoms with Crippen molar-refractivity contribution in [1.82, 2.24) is 15.1 Å². The molecule has 1 heterocycles. The van der Waals surface area contributed by atoms with Crippen molar-refractivity contribution in [2.24, 2.45) is 5.92 Å². The number of urea groups is 1. The van der Waals surface area contributed by atoms with Gasteiger partial charge in [-0.1, -0.05) is 25.8 Å². The molecule has 0 aromatic heterocycles. The number of hydrogen-bond donors (Lipinski definition) is 2. The van der Waals surface area contributed by atoms with E-state index >= 15 is 0 Å². The van der Waals surface area contributed by atoms with E-state index < -0.39 is 5.66 Å². The third-order valence-corrected chi connectivity index (χ3v) is 3.14. The number of carbonyl (C=O) groups is 1. The molecule has 1 aliphatic heterocycles. The first-order chi connectivity index (χ1) is 7.02. The molecular formula is C9H17N3O2S. The average molecular weight is 231 g/mol. The number of nitrogens with one attached hydrogen (secondary N) is 2. The van der Waals surface area contributed by atoms with Crippen LogP contribution in [0.4, 0.5) is 4.79 Å². The maximum Gasteiger partial charge on any atom is 0.342 e. The Balaban J connectivity index is 2.68. The van der Waals surface area contributed by atoms with Gasteiger partial charge in [0.25, 0.3) is 0 Å². The molecule has 2 N–H and O–H groups in total. The molecule has 0 fully saturated rings. The van der Waals surface area contributed by atoms with Gasteiger partial charge >= 0.3 is 6.03 Å². The molecule has 0 aliphatic carbocycles. The van der Waals surface area contributed by atoms with Crippen molar-refractivity contribution in [2.75, 3.05) is 14.2 Å². The maximum atomic E-state index is 11.6. The summed E-state index contributed by atoms with van der Waals surface area (Å²) in [5.74, 6) is 0.248. The lowest BCUT2D eigenvalue weighted by molar-refractivity contribution is -0.0671. The van der Waals surface area contributed by atoms with Gasteiger partial charge in [0.1, 0.15) is 5.66 Å². The van der Waals surface area contributed by atoms with Crippen LogP contribution in [0.2, 0.25) is 0 Å². The van der Waals surface area contributed by atoms with Gasteiger partial charge in [0.05, 0.1) is 7.11 Å². The van der Waals surface area contributed by atoms with E-state index in [9.17, 15) is 4.79 Å². The van der Waals surface area contributed by atoms with Gasteiger partial charge < -0.3 is 5.32 Å². The van der Waals surface area contributed by atoms with E-state index in [0.29, 0.717) is 0 Å². The Morgan fingerprint density at radius 2 is 2.33 bits per heavy atom. The van der Waals surface area contributed by atoms with Gasteiger partial charge in [0, 0.05) is 7.05 Å². The predicted octanol–water partition coefficient (Wildman–Crippen LogP) is 1.31. The standard InChI is InChI=1S/C9H17N3O2S/c1-7(2)9(5-6-15-11-9)10-8(13)12(3)14-4/h5-7,11H,1-4H3,(H,10,13)/t9-/m1/s1. The molecule has 15 heavy (non-hydrogen) atoms. The molecule has 6 heteroatoms. The number of amides is 2. The summed E-state index contributed by atoms with van der Waals surface area (Å²) in [6.07, 6.45) is 1.95. The molecule has 1 rings (SSSR count). The van der Waals surface area contributed by atoms with Gasteiger partial charge in [-0.3, -0.25) is 4.84 Å². The van der Waals surface area contributed by atoms with E-state index in [-0.39, 0.29) is 11.9 Å². The molecule has 0 aromatic rings. The lowest BCUT2D eigenvalue weighted by Crippen LogP contribution is -2.59. The van der Waals surface area contributed by atoms with Gasteiger partial charge in [-0.25, -0.2) is 14.6 Å². The van der Waals surface area contributed by atoms with E-state index in [1.807, 2.05) is 25.3 Å². The first-order valence-corrected chi connectivity index (χ1v) is 5.60. The van der Waals surface area contributed by atoms with Crippen LogP contribution in [0.15, 0.2) is 11.5 Å². The third-order valence-electron chi connectivity index (χ3n) is 2.41. The summed E-state index contributed by atoms with van der Waals surface area (Å²) >= 11 is 1.47. The van der Waals surface area contributed by atoms with Crippen LogP contribution in [0.5, 0.6) is 0 Å². The Bertz CT molecular complexity index is 270. The number of hydroxylamine groups is 2. The van der Waals surface area contributed by atoms with Gasteiger partial charge in [-0.15, -0.1) is 0 Å². The van der Waals surface area contributed by atoms with E-state index in [2.05, 4.69) is 10.0 Å². The smallest absolute Gasteiger partial charge is 0.314 e. The molecular weight excluding hydrogens is 214 g/mol. The fourth-order valence-electron chi connectivity index (χ4n) is 1.17. The van der Waals surface area contributed by atoms with E-state index in [1.54, 1.807) is 7.05 Å². The molecule has 0 bridgehead atoms. The summed E-state index contributed by atoms with van der Waals surface area (Å²) in [6.45, 7) is 4.08. The topological polar surface area (TPSA) is 53.6 Å². The summed E-state index contributed by atoms with van der Waals surface area (Å²) in [4.78, 5) is 16.5. The van der Waals surface area contributed by atoms with Crippen LogP contribution in [0, 0.1) is 5.92 Å². The lowest BCUT2D eigenvalue weighted by Gasteiger charge is -2.33. The second-order valence-corrected chi connectivity index (χ2v) is 4.37. The van der Waals surface area contributed by atoms with Crippen molar-refractivity contribution in [1.29, 1.82) is 0 Å². The van der Waals surface area contributed by atoms with E-state index in [4.69, 9.17) is 4.84 Å². The first-order valence-electron chi connectivity index (χ1n) is 4.72. The number of rotatable bonds is 3. The molecule has 86 valence electrons. The van der Waals surface area contributed by atoms with Crippen molar-refractivity contribution in [2.45, 2.75) is 19.5 Å². The average Bonchev–Trinajstić information content (AvgIpc) is 2.66. The van der Waals surface area contributed by atoms with Gasteiger partial charge in [-0.05, 0) is 17.4 Å². The fraction of sp³-hybridized carbons (Fsp3) is 0.667. The molecule has 0 saturated heterocycles. The van der Waals surface area contributed by atoms with Crippen LogP contribution in [-0.4, -0.2) is 30.9 Å². The molecule has 5 nitrogen and oxygen atoms in total. The molecule has 0 spiro atoms. The number of carbonyl (C=O) groups excluding carboxylic acids is 1. The van der Waals surface area contributed by atoms with Crippen LogP contribution in [-0.2, 0) is 4.84 Å². The van der Waals surface area contributed by atoms with Gasteiger partial charge in [0.15, 0.2) is 0 Å². The van der Waals surface area contributed by atoms with Crippen LogP contribution in [0.1, 0.15) is 13.8 Å². The third kappa shape index (κ3) is 2.64. The SMILES string of the molecule is CON(C)C(=O)N[C@]1(C(C)C)C=CSN1. The van der Waals surface area contributed by atoms with Gasteiger partial charge in [0.2, 0.25) is 0 Å².